The molecular weight excluding hydrogens is 209 g/mol. The molecule has 0 aromatic carbocycles. The van der Waals surface area contributed by atoms with Crippen LogP contribution in [0.3, 0.4) is 0 Å². The number of imidazole rings is 1. The van der Waals surface area contributed by atoms with Gasteiger partial charge in [-0.2, -0.15) is 13.2 Å². The second kappa shape index (κ2) is 3.34. The van der Waals surface area contributed by atoms with Crippen LogP contribution in [0.15, 0.2) is 31.1 Å². The minimum atomic E-state index is -4.41. The summed E-state index contributed by atoms with van der Waals surface area (Å²) in [6.45, 7) is 0. The third-order valence-electron chi connectivity index (χ3n) is 1.70. The number of aromatic nitrogens is 4. The zero-order valence-corrected chi connectivity index (χ0v) is 7.31. The van der Waals surface area contributed by atoms with E-state index in [1.807, 2.05) is 0 Å². The number of hydrogen-bond donors (Lipinski definition) is 0. The minimum absolute atomic E-state index is 0.153. The van der Waals surface area contributed by atoms with Crippen molar-refractivity contribution in [2.24, 2.45) is 0 Å². The van der Waals surface area contributed by atoms with Gasteiger partial charge in [-0.05, 0) is 0 Å². The molecule has 7 heteroatoms. The van der Waals surface area contributed by atoms with Crippen molar-refractivity contribution in [2.45, 2.75) is 6.18 Å². The maximum Gasteiger partial charge on any atom is 0.419 e. The summed E-state index contributed by atoms with van der Waals surface area (Å²) in [6, 6.07) is 0. The first-order valence-corrected chi connectivity index (χ1v) is 3.95. The first-order chi connectivity index (χ1) is 7.07. The number of alkyl halides is 3. The van der Waals surface area contributed by atoms with Gasteiger partial charge in [0, 0.05) is 24.8 Å². The molecule has 0 unspecified atom stereocenters. The van der Waals surface area contributed by atoms with Crippen LogP contribution in [0.2, 0.25) is 0 Å². The lowest BCUT2D eigenvalue weighted by atomic mass is 10.3. The fraction of sp³-hybridized carbons (Fsp3) is 0.125. The summed E-state index contributed by atoms with van der Waals surface area (Å²) in [6.07, 6.45) is 1.50. The molecule has 0 saturated heterocycles. The molecule has 0 N–H and O–H groups in total. The van der Waals surface area contributed by atoms with Gasteiger partial charge in [-0.25, -0.2) is 15.0 Å². The van der Waals surface area contributed by atoms with Crippen LogP contribution >= 0.6 is 0 Å². The maximum absolute atomic E-state index is 12.2. The molecule has 0 spiro atoms. The lowest BCUT2D eigenvalue weighted by molar-refractivity contribution is -0.138. The normalized spacial score (nSPS) is 11.7. The smallest absolute Gasteiger partial charge is 0.274 e. The second-order valence-corrected chi connectivity index (χ2v) is 2.74. The Balaban J connectivity index is 2.33. The molecule has 0 aliphatic rings. The van der Waals surface area contributed by atoms with Crippen LogP contribution in [-0.2, 0) is 6.18 Å². The van der Waals surface area contributed by atoms with E-state index in [4.69, 9.17) is 0 Å². The highest BCUT2D eigenvalue weighted by molar-refractivity contribution is 5.16. The molecule has 0 saturated carbocycles. The molecule has 0 fully saturated rings. The fourth-order valence-corrected chi connectivity index (χ4v) is 0.978. The zero-order chi connectivity index (χ0) is 10.9. The molecule has 0 radical (unpaired) electrons. The Kier molecular flexibility index (Phi) is 2.14. The molecule has 0 amide bonds. The average molecular weight is 214 g/mol. The van der Waals surface area contributed by atoms with E-state index in [0.29, 0.717) is 0 Å². The molecule has 2 rings (SSSR count). The summed E-state index contributed by atoms with van der Waals surface area (Å²) >= 11 is 0. The van der Waals surface area contributed by atoms with Crippen molar-refractivity contribution in [3.8, 4) is 5.95 Å². The monoisotopic (exact) mass is 214 g/mol. The average Bonchev–Trinajstić information content (AvgIpc) is 2.69. The van der Waals surface area contributed by atoms with Gasteiger partial charge in [0.25, 0.3) is 0 Å². The van der Waals surface area contributed by atoms with Crippen LogP contribution in [-0.4, -0.2) is 19.5 Å². The van der Waals surface area contributed by atoms with E-state index in [0.717, 1.165) is 12.4 Å². The maximum atomic E-state index is 12.2. The first kappa shape index (κ1) is 9.63. The summed E-state index contributed by atoms with van der Waals surface area (Å²) in [5.41, 5.74) is -0.869. The number of nitrogens with zero attached hydrogens (tertiary/aromatic N) is 4. The highest BCUT2D eigenvalue weighted by Crippen LogP contribution is 2.27. The van der Waals surface area contributed by atoms with Gasteiger partial charge in [-0.1, -0.05) is 0 Å². The summed E-state index contributed by atoms with van der Waals surface area (Å²) < 4.78 is 37.9. The van der Waals surface area contributed by atoms with Crippen molar-refractivity contribution in [3.05, 3.63) is 36.7 Å². The Morgan fingerprint density at radius 1 is 1.13 bits per heavy atom. The topological polar surface area (TPSA) is 43.6 Å². The predicted molar refractivity (Wildman–Crippen MR) is 44.2 cm³/mol. The summed E-state index contributed by atoms with van der Waals surface area (Å²) in [7, 11) is 0. The van der Waals surface area contributed by atoms with E-state index in [-0.39, 0.29) is 5.95 Å². The molecule has 15 heavy (non-hydrogen) atoms. The van der Waals surface area contributed by atoms with Gasteiger partial charge >= 0.3 is 6.18 Å². The quantitative estimate of drug-likeness (QED) is 0.725. The van der Waals surface area contributed by atoms with Gasteiger partial charge in [-0.3, -0.25) is 4.57 Å². The summed E-state index contributed by atoms with van der Waals surface area (Å²) in [4.78, 5) is 10.9. The lowest BCUT2D eigenvalue weighted by Crippen LogP contribution is -2.08. The molecule has 0 atom stereocenters. The Morgan fingerprint density at radius 2 is 1.80 bits per heavy atom. The third-order valence-corrected chi connectivity index (χ3v) is 1.70. The molecule has 4 nitrogen and oxygen atoms in total. The highest BCUT2D eigenvalue weighted by Gasteiger charge is 2.31. The van der Waals surface area contributed by atoms with Crippen LogP contribution in [0, 0.1) is 0 Å². The van der Waals surface area contributed by atoms with E-state index in [9.17, 15) is 13.2 Å². The zero-order valence-electron chi connectivity index (χ0n) is 7.31. The van der Waals surface area contributed by atoms with Crippen molar-refractivity contribution >= 4 is 0 Å². The standard InChI is InChI=1S/C8H5F3N4/c9-8(10,11)6-3-13-7(14-4-6)15-2-1-12-5-15/h1-5H. The van der Waals surface area contributed by atoms with Crippen molar-refractivity contribution in [2.75, 3.05) is 0 Å². The molecule has 0 aliphatic carbocycles. The molecule has 0 bridgehead atoms. The van der Waals surface area contributed by atoms with Gasteiger partial charge in [0.2, 0.25) is 5.95 Å². The molecule has 2 aromatic heterocycles. The Bertz CT molecular complexity index is 432. The predicted octanol–water partition coefficient (Wildman–Crippen LogP) is 1.68. The van der Waals surface area contributed by atoms with Gasteiger partial charge in [0.15, 0.2) is 0 Å². The summed E-state index contributed by atoms with van der Waals surface area (Å²) in [5, 5.41) is 0. The van der Waals surface area contributed by atoms with Gasteiger partial charge in [0.05, 0.1) is 5.56 Å². The van der Waals surface area contributed by atoms with Crippen molar-refractivity contribution in [1.29, 1.82) is 0 Å². The fourth-order valence-electron chi connectivity index (χ4n) is 0.978. The Hall–Kier alpha value is -1.92. The first-order valence-electron chi connectivity index (χ1n) is 3.95. The summed E-state index contributed by atoms with van der Waals surface area (Å²) in [5.74, 6) is 0.153. The highest BCUT2D eigenvalue weighted by atomic mass is 19.4. The van der Waals surface area contributed by atoms with Crippen LogP contribution < -0.4 is 0 Å². The van der Waals surface area contributed by atoms with E-state index >= 15 is 0 Å². The van der Waals surface area contributed by atoms with Crippen molar-refractivity contribution in [1.82, 2.24) is 19.5 Å². The number of hydrogen-bond acceptors (Lipinski definition) is 3. The minimum Gasteiger partial charge on any atom is -0.274 e. The van der Waals surface area contributed by atoms with E-state index in [1.54, 1.807) is 6.20 Å². The van der Waals surface area contributed by atoms with E-state index in [1.165, 1.54) is 17.1 Å². The van der Waals surface area contributed by atoms with Gasteiger partial charge in [-0.15, -0.1) is 0 Å². The Labute approximate surface area is 82.4 Å². The van der Waals surface area contributed by atoms with Crippen LogP contribution in [0.25, 0.3) is 5.95 Å². The molecule has 0 aliphatic heterocycles. The van der Waals surface area contributed by atoms with Crippen molar-refractivity contribution < 1.29 is 13.2 Å². The van der Waals surface area contributed by atoms with Crippen molar-refractivity contribution in [3.63, 3.8) is 0 Å². The van der Waals surface area contributed by atoms with E-state index < -0.39 is 11.7 Å². The van der Waals surface area contributed by atoms with Gasteiger partial charge in [0.1, 0.15) is 6.33 Å². The van der Waals surface area contributed by atoms with Gasteiger partial charge < -0.3 is 0 Å². The van der Waals surface area contributed by atoms with E-state index in [2.05, 4.69) is 15.0 Å². The lowest BCUT2D eigenvalue weighted by Gasteiger charge is -2.05. The molecule has 2 aromatic rings. The van der Waals surface area contributed by atoms with Crippen LogP contribution in [0.1, 0.15) is 5.56 Å². The number of rotatable bonds is 1. The Morgan fingerprint density at radius 3 is 2.27 bits per heavy atom. The number of halogens is 3. The molecule has 78 valence electrons. The molecular formula is C8H5F3N4. The largest absolute Gasteiger partial charge is 0.419 e. The molecule has 2 heterocycles. The SMILES string of the molecule is FC(F)(F)c1cnc(-n2ccnc2)nc1. The van der Waals surface area contributed by atoms with Crippen LogP contribution in [0.4, 0.5) is 13.2 Å². The van der Waals surface area contributed by atoms with Crippen LogP contribution in [0.5, 0.6) is 0 Å². The third kappa shape index (κ3) is 1.95. The second-order valence-electron chi connectivity index (χ2n) is 2.74.